The SMILES string of the molecule is CCNC(=NCC(C)C)N(C)Cc1ccc(OC(F)F)cc1.I. The van der Waals surface area contributed by atoms with Crippen LogP contribution in [0.3, 0.4) is 0 Å². The Labute approximate surface area is 154 Å². The lowest BCUT2D eigenvalue weighted by Crippen LogP contribution is -2.38. The third-order valence-corrected chi connectivity index (χ3v) is 2.87. The molecule has 0 fully saturated rings. The minimum absolute atomic E-state index is 0. The van der Waals surface area contributed by atoms with Crippen molar-refractivity contribution in [2.24, 2.45) is 10.9 Å². The summed E-state index contributed by atoms with van der Waals surface area (Å²) in [4.78, 5) is 6.58. The summed E-state index contributed by atoms with van der Waals surface area (Å²) in [5.74, 6) is 1.50. The predicted octanol–water partition coefficient (Wildman–Crippen LogP) is 3.96. The molecular weight excluding hydrogens is 415 g/mol. The van der Waals surface area contributed by atoms with Crippen molar-refractivity contribution in [3.8, 4) is 5.75 Å². The average Bonchev–Trinajstić information content (AvgIpc) is 2.44. The summed E-state index contributed by atoms with van der Waals surface area (Å²) in [6.45, 7) is 5.66. The molecule has 0 saturated heterocycles. The molecule has 0 heterocycles. The lowest BCUT2D eigenvalue weighted by atomic mass is 10.2. The molecule has 1 N–H and O–H groups in total. The number of benzene rings is 1. The van der Waals surface area contributed by atoms with Crippen molar-refractivity contribution in [1.29, 1.82) is 0 Å². The molecule has 0 aliphatic heterocycles. The van der Waals surface area contributed by atoms with Gasteiger partial charge >= 0.3 is 6.61 Å². The number of rotatable bonds is 7. The lowest BCUT2D eigenvalue weighted by Gasteiger charge is -2.22. The second-order valence-electron chi connectivity index (χ2n) is 5.47. The molecule has 1 aromatic rings. The molecule has 1 aromatic carbocycles. The van der Waals surface area contributed by atoms with E-state index in [-0.39, 0.29) is 29.7 Å². The molecule has 1 rings (SSSR count). The number of hydrogen-bond acceptors (Lipinski definition) is 2. The lowest BCUT2D eigenvalue weighted by molar-refractivity contribution is -0.0498. The third-order valence-electron chi connectivity index (χ3n) is 2.87. The number of aliphatic imine (C=N–C) groups is 1. The normalized spacial score (nSPS) is 11.4. The maximum absolute atomic E-state index is 12.1. The minimum atomic E-state index is -2.79. The van der Waals surface area contributed by atoms with Crippen molar-refractivity contribution in [2.45, 2.75) is 33.9 Å². The Hall–Kier alpha value is -1.12. The second kappa shape index (κ2) is 11.4. The summed E-state index contributed by atoms with van der Waals surface area (Å²) < 4.78 is 28.6. The molecule has 0 radical (unpaired) electrons. The highest BCUT2D eigenvalue weighted by atomic mass is 127. The second-order valence-corrected chi connectivity index (χ2v) is 5.47. The highest BCUT2D eigenvalue weighted by molar-refractivity contribution is 14.0. The van der Waals surface area contributed by atoms with Crippen LogP contribution in [0.4, 0.5) is 8.78 Å². The molecule has 0 aromatic heterocycles. The molecule has 4 nitrogen and oxygen atoms in total. The van der Waals surface area contributed by atoms with Gasteiger partial charge in [-0.2, -0.15) is 8.78 Å². The largest absolute Gasteiger partial charge is 0.435 e. The molecule has 0 spiro atoms. The van der Waals surface area contributed by atoms with E-state index in [4.69, 9.17) is 0 Å². The van der Waals surface area contributed by atoms with Crippen molar-refractivity contribution >= 4 is 29.9 Å². The molecular formula is C16H26F2IN3O. The topological polar surface area (TPSA) is 36.9 Å². The number of guanidine groups is 1. The first-order valence-corrected chi connectivity index (χ1v) is 7.45. The van der Waals surface area contributed by atoms with Gasteiger partial charge in [0, 0.05) is 26.7 Å². The van der Waals surface area contributed by atoms with Crippen LogP contribution in [0.1, 0.15) is 26.3 Å². The molecule has 23 heavy (non-hydrogen) atoms. The van der Waals surface area contributed by atoms with E-state index in [9.17, 15) is 8.78 Å². The van der Waals surface area contributed by atoms with Crippen LogP contribution in [0.5, 0.6) is 5.75 Å². The summed E-state index contributed by atoms with van der Waals surface area (Å²) in [7, 11) is 1.95. The zero-order valence-corrected chi connectivity index (χ0v) is 16.4. The Kier molecular flexibility index (Phi) is 10.9. The van der Waals surface area contributed by atoms with Gasteiger partial charge in [0.05, 0.1) is 0 Å². The number of alkyl halides is 2. The first-order valence-electron chi connectivity index (χ1n) is 7.45. The number of halogens is 3. The number of hydrogen-bond donors (Lipinski definition) is 1. The minimum Gasteiger partial charge on any atom is -0.435 e. The quantitative estimate of drug-likeness (QED) is 0.396. The van der Waals surface area contributed by atoms with Gasteiger partial charge in [-0.3, -0.25) is 4.99 Å². The molecule has 0 aliphatic carbocycles. The van der Waals surface area contributed by atoms with Crippen LogP contribution in [0.25, 0.3) is 0 Å². The fourth-order valence-electron chi connectivity index (χ4n) is 1.86. The van der Waals surface area contributed by atoms with Gasteiger partial charge in [0.2, 0.25) is 0 Å². The zero-order chi connectivity index (χ0) is 16.5. The maximum atomic E-state index is 12.1. The fraction of sp³-hybridized carbons (Fsp3) is 0.562. The van der Waals surface area contributed by atoms with Crippen LogP contribution < -0.4 is 10.1 Å². The van der Waals surface area contributed by atoms with Gasteiger partial charge in [0.1, 0.15) is 5.75 Å². The molecule has 132 valence electrons. The first-order chi connectivity index (χ1) is 10.4. The van der Waals surface area contributed by atoms with E-state index in [1.165, 1.54) is 0 Å². The van der Waals surface area contributed by atoms with Crippen LogP contribution in [-0.4, -0.2) is 37.6 Å². The van der Waals surface area contributed by atoms with Crippen molar-refractivity contribution in [3.63, 3.8) is 0 Å². The zero-order valence-electron chi connectivity index (χ0n) is 14.1. The molecule has 0 bridgehead atoms. The molecule has 0 amide bonds. The van der Waals surface area contributed by atoms with Gasteiger partial charge in [0.15, 0.2) is 5.96 Å². The van der Waals surface area contributed by atoms with Crippen molar-refractivity contribution in [1.82, 2.24) is 10.2 Å². The maximum Gasteiger partial charge on any atom is 0.387 e. The van der Waals surface area contributed by atoms with E-state index in [0.29, 0.717) is 12.5 Å². The van der Waals surface area contributed by atoms with Gasteiger partial charge in [-0.15, -0.1) is 24.0 Å². The van der Waals surface area contributed by atoms with Gasteiger partial charge < -0.3 is 15.0 Å². The van der Waals surface area contributed by atoms with E-state index < -0.39 is 6.61 Å². The van der Waals surface area contributed by atoms with Crippen LogP contribution in [-0.2, 0) is 6.54 Å². The summed E-state index contributed by atoms with van der Waals surface area (Å²) in [5, 5.41) is 3.25. The number of ether oxygens (including phenoxy) is 1. The van der Waals surface area contributed by atoms with E-state index in [1.807, 2.05) is 18.9 Å². The van der Waals surface area contributed by atoms with Gasteiger partial charge in [-0.05, 0) is 30.5 Å². The third kappa shape index (κ3) is 8.92. The van der Waals surface area contributed by atoms with Crippen molar-refractivity contribution < 1.29 is 13.5 Å². The molecule has 0 aliphatic rings. The van der Waals surface area contributed by atoms with E-state index in [1.54, 1.807) is 24.3 Å². The fourth-order valence-corrected chi connectivity index (χ4v) is 1.86. The van der Waals surface area contributed by atoms with Gasteiger partial charge in [-0.1, -0.05) is 26.0 Å². The Morgan fingerprint density at radius 2 is 1.87 bits per heavy atom. The summed E-state index contributed by atoms with van der Waals surface area (Å²) in [5.41, 5.74) is 0.999. The van der Waals surface area contributed by atoms with E-state index >= 15 is 0 Å². The predicted molar refractivity (Wildman–Crippen MR) is 101 cm³/mol. The Bertz CT molecular complexity index is 467. The van der Waals surface area contributed by atoms with Crippen LogP contribution in [0.2, 0.25) is 0 Å². The van der Waals surface area contributed by atoms with Crippen molar-refractivity contribution in [3.05, 3.63) is 29.8 Å². The Morgan fingerprint density at radius 3 is 2.35 bits per heavy atom. The number of nitrogens with one attached hydrogen (secondary N) is 1. The first kappa shape index (κ1) is 21.9. The highest BCUT2D eigenvalue weighted by Gasteiger charge is 2.08. The van der Waals surface area contributed by atoms with Crippen LogP contribution >= 0.6 is 24.0 Å². The molecule has 0 atom stereocenters. The highest BCUT2D eigenvalue weighted by Crippen LogP contribution is 2.15. The molecule has 0 unspecified atom stereocenters. The monoisotopic (exact) mass is 441 g/mol. The van der Waals surface area contributed by atoms with E-state index in [0.717, 1.165) is 24.6 Å². The Balaban J connectivity index is 0.00000484. The molecule has 0 saturated carbocycles. The van der Waals surface area contributed by atoms with E-state index in [2.05, 4.69) is 28.9 Å². The summed E-state index contributed by atoms with van der Waals surface area (Å²) in [6, 6.07) is 6.65. The smallest absolute Gasteiger partial charge is 0.387 e. The number of nitrogens with zero attached hydrogens (tertiary/aromatic N) is 2. The van der Waals surface area contributed by atoms with Crippen LogP contribution in [0, 0.1) is 5.92 Å². The van der Waals surface area contributed by atoms with Gasteiger partial charge in [-0.25, -0.2) is 0 Å². The van der Waals surface area contributed by atoms with Crippen LogP contribution in [0.15, 0.2) is 29.3 Å². The molecule has 7 heteroatoms. The van der Waals surface area contributed by atoms with Crippen molar-refractivity contribution in [2.75, 3.05) is 20.1 Å². The summed E-state index contributed by atoms with van der Waals surface area (Å²) in [6.07, 6.45) is 0. The standard InChI is InChI=1S/C16H25F2N3O.HI/c1-5-19-16(20-10-12(2)3)21(4)11-13-6-8-14(9-7-13)22-15(17)18;/h6-9,12,15H,5,10-11H2,1-4H3,(H,19,20);1H. The summed E-state index contributed by atoms with van der Waals surface area (Å²) >= 11 is 0. The van der Waals surface area contributed by atoms with Gasteiger partial charge in [0.25, 0.3) is 0 Å². The average molecular weight is 441 g/mol. The Morgan fingerprint density at radius 1 is 1.26 bits per heavy atom.